The largest absolute Gasteiger partial charge is 0.493 e. The average Bonchev–Trinajstić information content (AvgIpc) is 2.31. The van der Waals surface area contributed by atoms with Gasteiger partial charge in [-0.2, -0.15) is 0 Å². The predicted octanol–water partition coefficient (Wildman–Crippen LogP) is 2.50. The zero-order valence-corrected chi connectivity index (χ0v) is 9.18. The van der Waals surface area contributed by atoms with Gasteiger partial charge in [0.2, 0.25) is 0 Å². The van der Waals surface area contributed by atoms with Gasteiger partial charge in [-0.15, -0.1) is 0 Å². The van der Waals surface area contributed by atoms with Gasteiger partial charge in [0, 0.05) is 6.42 Å². The van der Waals surface area contributed by atoms with Crippen LogP contribution in [0.4, 0.5) is 0 Å². The molecule has 0 aliphatic carbocycles. The molecule has 0 N–H and O–H groups in total. The predicted molar refractivity (Wildman–Crippen MR) is 62.7 cm³/mol. The molecule has 84 valence electrons. The molecule has 0 amide bonds. The fourth-order valence-corrected chi connectivity index (χ4v) is 1.31. The first-order valence-electron chi connectivity index (χ1n) is 5.14. The van der Waals surface area contributed by atoms with E-state index in [1.165, 1.54) is 0 Å². The highest BCUT2D eigenvalue weighted by Gasteiger charge is 2.02. The Bertz CT molecular complexity index is 394. The number of rotatable bonds is 6. The van der Waals surface area contributed by atoms with Crippen LogP contribution < -0.4 is 4.74 Å². The summed E-state index contributed by atoms with van der Waals surface area (Å²) in [5.41, 5.74) is 1.41. The van der Waals surface area contributed by atoms with Crippen LogP contribution in [-0.2, 0) is 4.79 Å². The Kier molecular flexibility index (Phi) is 4.99. The van der Waals surface area contributed by atoms with Crippen LogP contribution >= 0.6 is 0 Å². The zero-order chi connectivity index (χ0) is 11.8. The van der Waals surface area contributed by atoms with E-state index >= 15 is 0 Å². The quantitative estimate of drug-likeness (QED) is 0.689. The van der Waals surface area contributed by atoms with Crippen molar-refractivity contribution in [1.29, 1.82) is 0 Å². The lowest BCUT2D eigenvalue weighted by Gasteiger charge is -2.06. The molecule has 0 unspecified atom stereocenters. The first kappa shape index (κ1) is 12.2. The van der Waals surface area contributed by atoms with E-state index in [4.69, 9.17) is 4.74 Å². The van der Waals surface area contributed by atoms with Gasteiger partial charge in [0.05, 0.1) is 12.2 Å². The highest BCUT2D eigenvalue weighted by atomic mass is 16.5. The van der Waals surface area contributed by atoms with Gasteiger partial charge in [-0.3, -0.25) is 4.79 Å². The van der Waals surface area contributed by atoms with Crippen LogP contribution in [-0.4, -0.2) is 19.2 Å². The number of hydrogen-bond donors (Lipinski definition) is 0. The third-order valence-corrected chi connectivity index (χ3v) is 2.00. The summed E-state index contributed by atoms with van der Waals surface area (Å²) in [6, 6.07) is 5.34. The molecule has 0 saturated heterocycles. The third-order valence-electron chi connectivity index (χ3n) is 2.00. The average molecular weight is 218 g/mol. The second-order valence-electron chi connectivity index (χ2n) is 3.15. The maximum absolute atomic E-state index is 10.8. The van der Waals surface area contributed by atoms with E-state index in [1.54, 1.807) is 24.3 Å². The second-order valence-corrected chi connectivity index (χ2v) is 3.15. The van der Waals surface area contributed by atoms with Crippen molar-refractivity contribution in [1.82, 2.24) is 0 Å². The minimum absolute atomic E-state index is 0.379. The number of ether oxygens (including phenoxy) is 1. The molecule has 0 fully saturated rings. The summed E-state index contributed by atoms with van der Waals surface area (Å²) in [6.45, 7) is 2.40. The minimum atomic E-state index is 0.379. The Morgan fingerprint density at radius 1 is 1.31 bits per heavy atom. The van der Waals surface area contributed by atoms with Crippen molar-refractivity contribution in [2.24, 2.45) is 0 Å². The van der Waals surface area contributed by atoms with E-state index in [0.717, 1.165) is 18.1 Å². The van der Waals surface area contributed by atoms with Crippen molar-refractivity contribution in [3.05, 3.63) is 35.4 Å². The second kappa shape index (κ2) is 6.56. The van der Waals surface area contributed by atoms with Crippen LogP contribution in [0, 0.1) is 0 Å². The lowest BCUT2D eigenvalue weighted by Crippen LogP contribution is -1.96. The van der Waals surface area contributed by atoms with Crippen molar-refractivity contribution in [3.8, 4) is 5.75 Å². The first-order valence-corrected chi connectivity index (χ1v) is 5.14. The van der Waals surface area contributed by atoms with Crippen LogP contribution in [0.1, 0.15) is 29.3 Å². The fourth-order valence-electron chi connectivity index (χ4n) is 1.31. The normalized spacial score (nSPS) is 10.3. The summed E-state index contributed by atoms with van der Waals surface area (Å²) in [6.07, 6.45) is 5.52. The van der Waals surface area contributed by atoms with E-state index in [0.29, 0.717) is 24.3 Å². The van der Waals surface area contributed by atoms with Crippen LogP contribution in [0.3, 0.4) is 0 Å². The smallest absolute Gasteiger partial charge is 0.153 e. The Balaban J connectivity index is 2.90. The summed E-state index contributed by atoms with van der Waals surface area (Å²) in [4.78, 5) is 21.0. The van der Waals surface area contributed by atoms with E-state index in [9.17, 15) is 9.59 Å². The molecule has 1 aromatic rings. The summed E-state index contributed by atoms with van der Waals surface area (Å²) >= 11 is 0. The molecule has 0 aliphatic rings. The number of carbonyl (C=O) groups excluding carboxylic acids is 2. The Morgan fingerprint density at radius 3 is 2.75 bits per heavy atom. The van der Waals surface area contributed by atoms with Gasteiger partial charge < -0.3 is 9.53 Å². The van der Waals surface area contributed by atoms with Crippen molar-refractivity contribution in [3.63, 3.8) is 0 Å². The van der Waals surface area contributed by atoms with Gasteiger partial charge in [0.15, 0.2) is 6.29 Å². The van der Waals surface area contributed by atoms with Gasteiger partial charge in [0.25, 0.3) is 0 Å². The molecular weight excluding hydrogens is 204 g/mol. The molecule has 0 aliphatic heterocycles. The van der Waals surface area contributed by atoms with E-state index in [1.807, 2.05) is 13.0 Å². The highest BCUT2D eigenvalue weighted by Crippen LogP contribution is 2.19. The molecule has 0 bridgehead atoms. The van der Waals surface area contributed by atoms with Crippen LogP contribution in [0.15, 0.2) is 24.3 Å². The molecule has 0 spiro atoms. The topological polar surface area (TPSA) is 43.4 Å². The van der Waals surface area contributed by atoms with E-state index in [2.05, 4.69) is 0 Å². The highest BCUT2D eigenvalue weighted by molar-refractivity contribution is 5.80. The molecule has 3 nitrogen and oxygen atoms in total. The Labute approximate surface area is 94.7 Å². The first-order chi connectivity index (χ1) is 7.81. The zero-order valence-electron chi connectivity index (χ0n) is 9.18. The fraction of sp³-hybridized carbons (Fsp3) is 0.231. The van der Waals surface area contributed by atoms with E-state index < -0.39 is 0 Å². The molecule has 16 heavy (non-hydrogen) atoms. The molecule has 3 heteroatoms. The molecule has 0 heterocycles. The summed E-state index contributed by atoms with van der Waals surface area (Å²) in [5.74, 6) is 0.588. The van der Waals surface area contributed by atoms with Crippen molar-refractivity contribution in [2.75, 3.05) is 6.61 Å². The van der Waals surface area contributed by atoms with Crippen molar-refractivity contribution in [2.45, 2.75) is 13.3 Å². The van der Waals surface area contributed by atoms with Crippen LogP contribution in [0.5, 0.6) is 5.75 Å². The number of carbonyl (C=O) groups is 2. The molecule has 1 rings (SSSR count). The lowest BCUT2D eigenvalue weighted by atomic mass is 10.1. The van der Waals surface area contributed by atoms with Gasteiger partial charge >= 0.3 is 0 Å². The maximum Gasteiger partial charge on any atom is 0.153 e. The van der Waals surface area contributed by atoms with Crippen molar-refractivity contribution < 1.29 is 14.3 Å². The lowest BCUT2D eigenvalue weighted by molar-refractivity contribution is -0.107. The summed E-state index contributed by atoms with van der Waals surface area (Å²) < 4.78 is 5.30. The maximum atomic E-state index is 10.8. The number of benzene rings is 1. The standard InChI is InChI=1S/C13H14O3/c1-2-16-13-7-6-11(5-3-4-8-14)9-12(13)10-15/h3,5-10H,2,4H2,1H3. The molecule has 0 radical (unpaired) electrons. The monoisotopic (exact) mass is 218 g/mol. The molecule has 0 aromatic heterocycles. The Morgan fingerprint density at radius 2 is 2.12 bits per heavy atom. The minimum Gasteiger partial charge on any atom is -0.493 e. The van der Waals surface area contributed by atoms with Crippen molar-refractivity contribution >= 4 is 18.6 Å². The van der Waals surface area contributed by atoms with Gasteiger partial charge in [0.1, 0.15) is 12.0 Å². The molecular formula is C13H14O3. The Hall–Kier alpha value is -1.90. The van der Waals surface area contributed by atoms with Crippen LogP contribution in [0.2, 0.25) is 0 Å². The molecule has 0 atom stereocenters. The van der Waals surface area contributed by atoms with Gasteiger partial charge in [-0.1, -0.05) is 18.2 Å². The number of allylic oxidation sites excluding steroid dienone is 1. The van der Waals surface area contributed by atoms with Crippen LogP contribution in [0.25, 0.3) is 6.08 Å². The summed E-state index contributed by atoms with van der Waals surface area (Å²) in [7, 11) is 0. The third kappa shape index (κ3) is 3.35. The molecule has 1 aromatic carbocycles. The number of hydrogen-bond acceptors (Lipinski definition) is 3. The summed E-state index contributed by atoms with van der Waals surface area (Å²) in [5, 5.41) is 0. The van der Waals surface area contributed by atoms with Gasteiger partial charge in [-0.05, 0) is 24.6 Å². The number of aldehydes is 2. The van der Waals surface area contributed by atoms with Gasteiger partial charge in [-0.25, -0.2) is 0 Å². The molecule has 0 saturated carbocycles. The SMILES string of the molecule is CCOc1ccc(C=CCC=O)cc1C=O. The van der Waals surface area contributed by atoms with E-state index in [-0.39, 0.29) is 0 Å².